The number of hydrogen-bond donors (Lipinski definition) is 1. The van der Waals surface area contributed by atoms with Crippen molar-refractivity contribution in [3.63, 3.8) is 0 Å². The molecule has 1 unspecified atom stereocenters. The van der Waals surface area contributed by atoms with E-state index < -0.39 is 0 Å². The number of aromatic nitrogens is 2. The highest BCUT2D eigenvalue weighted by atomic mass is 16.5. The van der Waals surface area contributed by atoms with Gasteiger partial charge in [0.1, 0.15) is 0 Å². The third-order valence-electron chi connectivity index (χ3n) is 3.80. The minimum absolute atomic E-state index is 0.000642. The molecule has 0 radical (unpaired) electrons. The number of benzene rings is 1. The Morgan fingerprint density at radius 3 is 2.76 bits per heavy atom. The van der Waals surface area contributed by atoms with Crippen molar-refractivity contribution in [1.82, 2.24) is 15.1 Å². The van der Waals surface area contributed by atoms with Crippen LogP contribution in [0.1, 0.15) is 46.7 Å². The second-order valence-electron chi connectivity index (χ2n) is 5.21. The van der Waals surface area contributed by atoms with Gasteiger partial charge in [0.05, 0.1) is 18.3 Å². The van der Waals surface area contributed by atoms with Crippen molar-refractivity contribution in [2.24, 2.45) is 0 Å². The third-order valence-corrected chi connectivity index (χ3v) is 3.80. The molecule has 1 aromatic heterocycles. The van der Waals surface area contributed by atoms with Crippen LogP contribution in [0.2, 0.25) is 0 Å². The van der Waals surface area contributed by atoms with E-state index in [1.165, 1.54) is 0 Å². The first-order valence-corrected chi connectivity index (χ1v) is 7.19. The van der Waals surface area contributed by atoms with E-state index in [2.05, 4.69) is 29.3 Å². The minimum atomic E-state index is -0.0717. The number of ether oxygens (including phenoxy) is 1. The number of methoxy groups -OCH3 is 1. The van der Waals surface area contributed by atoms with Crippen LogP contribution in [0, 0.1) is 0 Å². The molecule has 0 spiro atoms. The Morgan fingerprint density at radius 1 is 1.33 bits per heavy atom. The van der Waals surface area contributed by atoms with Crippen molar-refractivity contribution >= 4 is 5.91 Å². The largest absolute Gasteiger partial charge is 0.378 e. The molecule has 21 heavy (non-hydrogen) atoms. The molecular weight excluding hydrogens is 266 g/mol. The Labute approximate surface area is 123 Å². The van der Waals surface area contributed by atoms with E-state index in [0.717, 1.165) is 29.8 Å². The molecule has 1 N–H and O–H groups in total. The van der Waals surface area contributed by atoms with Crippen molar-refractivity contribution in [3.8, 4) is 0 Å². The maximum Gasteiger partial charge on any atom is 0.275 e. The molecule has 110 valence electrons. The maximum absolute atomic E-state index is 12.6. The molecule has 0 aliphatic carbocycles. The Balaban J connectivity index is 2.10. The van der Waals surface area contributed by atoms with E-state index >= 15 is 0 Å². The van der Waals surface area contributed by atoms with Crippen LogP contribution >= 0.6 is 0 Å². The zero-order valence-corrected chi connectivity index (χ0v) is 12.3. The zero-order chi connectivity index (χ0) is 14.8. The summed E-state index contributed by atoms with van der Waals surface area (Å²) in [5, 5.41) is 7.16. The van der Waals surface area contributed by atoms with Crippen LogP contribution in [-0.2, 0) is 11.3 Å². The number of H-pyrrole nitrogens is 1. The van der Waals surface area contributed by atoms with Crippen LogP contribution in [-0.4, -0.2) is 34.7 Å². The smallest absolute Gasteiger partial charge is 0.275 e. The summed E-state index contributed by atoms with van der Waals surface area (Å²) in [6, 6.07) is 10.0. The molecule has 1 amide bonds. The summed E-state index contributed by atoms with van der Waals surface area (Å²) in [5.74, 6) is -0.000642. The summed E-state index contributed by atoms with van der Waals surface area (Å²) in [6.45, 7) is 3.23. The van der Waals surface area contributed by atoms with Crippen molar-refractivity contribution in [3.05, 3.63) is 52.8 Å². The molecule has 0 saturated heterocycles. The molecule has 5 heteroatoms. The van der Waals surface area contributed by atoms with E-state index in [0.29, 0.717) is 12.3 Å². The molecule has 1 aromatic carbocycles. The summed E-state index contributed by atoms with van der Waals surface area (Å²) in [7, 11) is 1.64. The molecule has 2 heterocycles. The lowest BCUT2D eigenvalue weighted by atomic mass is 9.99. The highest BCUT2D eigenvalue weighted by molar-refractivity contribution is 5.98. The van der Waals surface area contributed by atoms with E-state index in [9.17, 15) is 4.79 Å². The highest BCUT2D eigenvalue weighted by Crippen LogP contribution is 2.39. The summed E-state index contributed by atoms with van der Waals surface area (Å²) in [5.41, 5.74) is 3.48. The maximum atomic E-state index is 12.6. The summed E-state index contributed by atoms with van der Waals surface area (Å²) < 4.78 is 5.23. The molecule has 5 nitrogen and oxygen atoms in total. The van der Waals surface area contributed by atoms with E-state index in [1.807, 2.05) is 23.1 Å². The standard InChI is InChI=1S/C16H19N3O2/c1-3-9-19-15(11-7-5-4-6-8-11)13-12(10-21-2)17-18-14(13)16(19)20/h4-8,15H,3,9-10H2,1-2H3,(H,17,18). The fraction of sp³-hybridized carbons (Fsp3) is 0.375. The van der Waals surface area contributed by atoms with Crippen molar-refractivity contribution < 1.29 is 9.53 Å². The van der Waals surface area contributed by atoms with E-state index in [-0.39, 0.29) is 11.9 Å². The van der Waals surface area contributed by atoms with E-state index in [1.54, 1.807) is 7.11 Å². The lowest BCUT2D eigenvalue weighted by Crippen LogP contribution is -2.30. The van der Waals surface area contributed by atoms with Crippen molar-refractivity contribution in [2.75, 3.05) is 13.7 Å². The van der Waals surface area contributed by atoms with Crippen LogP contribution in [0.5, 0.6) is 0 Å². The summed E-state index contributed by atoms with van der Waals surface area (Å²) in [4.78, 5) is 14.5. The van der Waals surface area contributed by atoms with Gasteiger partial charge < -0.3 is 9.64 Å². The average molecular weight is 285 g/mol. The lowest BCUT2D eigenvalue weighted by molar-refractivity contribution is 0.0742. The van der Waals surface area contributed by atoms with Crippen LogP contribution < -0.4 is 0 Å². The average Bonchev–Trinajstić information content (AvgIpc) is 3.02. The second-order valence-corrected chi connectivity index (χ2v) is 5.21. The highest BCUT2D eigenvalue weighted by Gasteiger charge is 2.41. The van der Waals surface area contributed by atoms with Gasteiger partial charge >= 0.3 is 0 Å². The Bertz CT molecular complexity index is 636. The minimum Gasteiger partial charge on any atom is -0.378 e. The summed E-state index contributed by atoms with van der Waals surface area (Å²) in [6.07, 6.45) is 0.919. The molecule has 1 aliphatic rings. The molecule has 0 fully saturated rings. The number of fused-ring (bicyclic) bond motifs is 1. The second kappa shape index (κ2) is 5.69. The van der Waals surface area contributed by atoms with Gasteiger partial charge in [0.25, 0.3) is 5.91 Å². The van der Waals surface area contributed by atoms with Gasteiger partial charge in [-0.1, -0.05) is 37.3 Å². The molecule has 0 saturated carbocycles. The molecular formula is C16H19N3O2. The molecule has 3 rings (SSSR count). The van der Waals surface area contributed by atoms with Gasteiger partial charge in [-0.25, -0.2) is 0 Å². The molecule has 2 aromatic rings. The van der Waals surface area contributed by atoms with Gasteiger partial charge in [-0.3, -0.25) is 9.89 Å². The Morgan fingerprint density at radius 2 is 2.10 bits per heavy atom. The van der Waals surface area contributed by atoms with Gasteiger partial charge in [-0.2, -0.15) is 5.10 Å². The normalized spacial score (nSPS) is 17.3. The number of nitrogens with one attached hydrogen (secondary N) is 1. The van der Waals surface area contributed by atoms with Gasteiger partial charge in [0.2, 0.25) is 0 Å². The number of aromatic amines is 1. The first-order valence-electron chi connectivity index (χ1n) is 7.19. The number of carbonyl (C=O) groups excluding carboxylic acids is 1. The van der Waals surface area contributed by atoms with Crippen molar-refractivity contribution in [2.45, 2.75) is 26.0 Å². The number of amides is 1. The SMILES string of the molecule is CCCN1C(=O)c2n[nH]c(COC)c2C1c1ccccc1. The number of rotatable bonds is 5. The molecule has 1 atom stereocenters. The van der Waals surface area contributed by atoms with Crippen molar-refractivity contribution in [1.29, 1.82) is 0 Å². The van der Waals surface area contributed by atoms with Crippen LogP contribution in [0.4, 0.5) is 0 Å². The van der Waals surface area contributed by atoms with E-state index in [4.69, 9.17) is 4.74 Å². The van der Waals surface area contributed by atoms with Crippen LogP contribution in [0.25, 0.3) is 0 Å². The fourth-order valence-electron chi connectivity index (χ4n) is 2.96. The zero-order valence-electron chi connectivity index (χ0n) is 12.3. The number of nitrogens with zero attached hydrogens (tertiary/aromatic N) is 2. The van der Waals surface area contributed by atoms with Gasteiger partial charge in [0, 0.05) is 19.2 Å². The number of hydrogen-bond acceptors (Lipinski definition) is 3. The molecule has 0 bridgehead atoms. The predicted octanol–water partition coefficient (Wildman–Crippen LogP) is 2.51. The Kier molecular flexibility index (Phi) is 3.75. The first-order chi connectivity index (χ1) is 10.3. The topological polar surface area (TPSA) is 58.2 Å². The van der Waals surface area contributed by atoms with Crippen LogP contribution in [0.3, 0.4) is 0 Å². The molecule has 1 aliphatic heterocycles. The van der Waals surface area contributed by atoms with Crippen LogP contribution in [0.15, 0.2) is 30.3 Å². The third kappa shape index (κ3) is 2.23. The predicted molar refractivity (Wildman–Crippen MR) is 78.9 cm³/mol. The number of carbonyl (C=O) groups is 1. The summed E-state index contributed by atoms with van der Waals surface area (Å²) >= 11 is 0. The lowest BCUT2D eigenvalue weighted by Gasteiger charge is -2.25. The van der Waals surface area contributed by atoms with Gasteiger partial charge in [-0.15, -0.1) is 0 Å². The van der Waals surface area contributed by atoms with Gasteiger partial charge in [-0.05, 0) is 12.0 Å². The monoisotopic (exact) mass is 285 g/mol. The fourth-order valence-corrected chi connectivity index (χ4v) is 2.96. The van der Waals surface area contributed by atoms with Gasteiger partial charge in [0.15, 0.2) is 5.69 Å². The quantitative estimate of drug-likeness (QED) is 0.918. The first kappa shape index (κ1) is 13.8. The Hall–Kier alpha value is -2.14.